The van der Waals surface area contributed by atoms with Crippen LogP contribution in [0.2, 0.25) is 10.0 Å². The summed E-state index contributed by atoms with van der Waals surface area (Å²) < 4.78 is 4.95. The summed E-state index contributed by atoms with van der Waals surface area (Å²) in [5, 5.41) is 3.22. The zero-order valence-electron chi connectivity index (χ0n) is 8.67. The Balaban J connectivity index is 2.59. The number of nitrogens with one attached hydrogen (secondary N) is 1. The Morgan fingerprint density at radius 1 is 1.50 bits per heavy atom. The predicted octanol–water partition coefficient (Wildman–Crippen LogP) is 4.01. The van der Waals surface area contributed by atoms with E-state index < -0.39 is 6.09 Å². The quantitative estimate of drug-likeness (QED) is 0.891. The minimum atomic E-state index is -0.589. The van der Waals surface area contributed by atoms with Gasteiger partial charge in [-0.25, -0.2) is 4.79 Å². The van der Waals surface area contributed by atoms with Gasteiger partial charge in [0.05, 0.1) is 5.02 Å². The lowest BCUT2D eigenvalue weighted by Crippen LogP contribution is -2.21. The van der Waals surface area contributed by atoms with Gasteiger partial charge in [0.2, 0.25) is 0 Å². The van der Waals surface area contributed by atoms with E-state index in [1.807, 2.05) is 6.92 Å². The lowest BCUT2D eigenvalue weighted by molar-refractivity contribution is 0.204. The van der Waals surface area contributed by atoms with Crippen LogP contribution in [0.25, 0.3) is 0 Å². The number of carbonyl (C=O) groups is 1. The van der Waals surface area contributed by atoms with Crippen molar-refractivity contribution >= 4 is 29.3 Å². The molecule has 86 valence electrons. The Hall–Kier alpha value is -1.19. The van der Waals surface area contributed by atoms with Gasteiger partial charge in [0, 0.05) is 11.2 Å². The molecule has 0 heterocycles. The molecular weight excluding hydrogens is 249 g/mol. The van der Waals surface area contributed by atoms with Gasteiger partial charge in [-0.15, -0.1) is 0 Å². The number of allylic oxidation sites excluding steroid dienone is 1. The summed E-state index contributed by atoms with van der Waals surface area (Å²) in [4.78, 5) is 11.2. The standard InChI is InChI=1S/C11H11Cl2NO2/c1-2-3-6-14-11(15)16-10-5-4-8(12)7-9(10)13/h3-7H,2H2,1H3,(H,14,15). The van der Waals surface area contributed by atoms with E-state index in [0.29, 0.717) is 10.0 Å². The maximum Gasteiger partial charge on any atom is 0.416 e. The van der Waals surface area contributed by atoms with Crippen LogP contribution < -0.4 is 10.1 Å². The highest BCUT2D eigenvalue weighted by Gasteiger charge is 2.06. The molecule has 0 saturated carbocycles. The van der Waals surface area contributed by atoms with Gasteiger partial charge in [-0.05, 0) is 24.6 Å². The molecule has 0 bridgehead atoms. The fourth-order valence-corrected chi connectivity index (χ4v) is 1.38. The van der Waals surface area contributed by atoms with Crippen LogP contribution in [0.3, 0.4) is 0 Å². The summed E-state index contributed by atoms with van der Waals surface area (Å²) in [7, 11) is 0. The van der Waals surface area contributed by atoms with Crippen LogP contribution >= 0.6 is 23.2 Å². The van der Waals surface area contributed by atoms with Crippen LogP contribution in [0.5, 0.6) is 5.75 Å². The lowest BCUT2D eigenvalue weighted by atomic mass is 10.3. The van der Waals surface area contributed by atoms with E-state index in [1.165, 1.54) is 18.3 Å². The maximum atomic E-state index is 11.2. The molecule has 1 N–H and O–H groups in total. The van der Waals surface area contributed by atoms with E-state index >= 15 is 0 Å². The van der Waals surface area contributed by atoms with Gasteiger partial charge >= 0.3 is 6.09 Å². The van der Waals surface area contributed by atoms with Crippen LogP contribution in [0.1, 0.15) is 13.3 Å². The fourth-order valence-electron chi connectivity index (χ4n) is 0.932. The summed E-state index contributed by atoms with van der Waals surface area (Å²) >= 11 is 11.5. The molecule has 0 aromatic heterocycles. The van der Waals surface area contributed by atoms with E-state index in [1.54, 1.807) is 12.1 Å². The second kappa shape index (κ2) is 6.40. The first-order valence-electron chi connectivity index (χ1n) is 4.72. The summed E-state index contributed by atoms with van der Waals surface area (Å²) in [5.41, 5.74) is 0. The molecule has 0 saturated heterocycles. The van der Waals surface area contributed by atoms with Gasteiger partial charge in [0.1, 0.15) is 0 Å². The molecule has 0 aliphatic carbocycles. The second-order valence-corrected chi connectivity index (χ2v) is 3.76. The highest BCUT2D eigenvalue weighted by atomic mass is 35.5. The predicted molar refractivity (Wildman–Crippen MR) is 65.1 cm³/mol. The van der Waals surface area contributed by atoms with Crippen molar-refractivity contribution in [3.8, 4) is 5.75 Å². The number of rotatable bonds is 3. The van der Waals surface area contributed by atoms with Crippen molar-refractivity contribution in [1.82, 2.24) is 5.32 Å². The minimum absolute atomic E-state index is 0.272. The third-order valence-electron chi connectivity index (χ3n) is 1.65. The molecule has 1 aromatic rings. The summed E-state index contributed by atoms with van der Waals surface area (Å²) in [5.74, 6) is 0.272. The third kappa shape index (κ3) is 4.13. The SMILES string of the molecule is CCC=CNC(=O)Oc1ccc(Cl)cc1Cl. The van der Waals surface area contributed by atoms with Gasteiger partial charge in [-0.2, -0.15) is 0 Å². The van der Waals surface area contributed by atoms with Crippen molar-refractivity contribution in [2.24, 2.45) is 0 Å². The van der Waals surface area contributed by atoms with Crippen molar-refractivity contribution in [2.45, 2.75) is 13.3 Å². The number of hydrogen-bond donors (Lipinski definition) is 1. The maximum absolute atomic E-state index is 11.2. The molecule has 0 aliphatic rings. The fraction of sp³-hybridized carbons (Fsp3) is 0.182. The van der Waals surface area contributed by atoms with E-state index in [2.05, 4.69) is 5.32 Å². The normalized spacial score (nSPS) is 10.4. The highest BCUT2D eigenvalue weighted by Crippen LogP contribution is 2.27. The van der Waals surface area contributed by atoms with Crippen molar-refractivity contribution in [3.63, 3.8) is 0 Å². The zero-order valence-corrected chi connectivity index (χ0v) is 10.2. The molecule has 0 atom stereocenters. The molecule has 16 heavy (non-hydrogen) atoms. The number of ether oxygens (including phenoxy) is 1. The smallest absolute Gasteiger partial charge is 0.409 e. The van der Waals surface area contributed by atoms with E-state index in [4.69, 9.17) is 27.9 Å². The molecule has 3 nitrogen and oxygen atoms in total. The third-order valence-corrected chi connectivity index (χ3v) is 2.18. The zero-order chi connectivity index (χ0) is 12.0. The Morgan fingerprint density at radius 3 is 2.88 bits per heavy atom. The van der Waals surface area contributed by atoms with Crippen LogP contribution in [0.15, 0.2) is 30.5 Å². The molecule has 0 aliphatic heterocycles. The van der Waals surface area contributed by atoms with Gasteiger partial charge < -0.3 is 4.74 Å². The Morgan fingerprint density at radius 2 is 2.25 bits per heavy atom. The van der Waals surface area contributed by atoms with Crippen LogP contribution in [0.4, 0.5) is 4.79 Å². The molecule has 1 aromatic carbocycles. The average Bonchev–Trinajstić information content (AvgIpc) is 2.23. The number of amides is 1. The van der Waals surface area contributed by atoms with E-state index in [0.717, 1.165) is 6.42 Å². The van der Waals surface area contributed by atoms with Crippen LogP contribution in [-0.4, -0.2) is 6.09 Å². The van der Waals surface area contributed by atoms with E-state index in [-0.39, 0.29) is 5.75 Å². The van der Waals surface area contributed by atoms with Gasteiger partial charge in [-0.3, -0.25) is 5.32 Å². The Bertz CT molecular complexity index is 405. The molecule has 0 spiro atoms. The number of benzene rings is 1. The molecule has 0 radical (unpaired) electrons. The molecule has 0 fully saturated rings. The van der Waals surface area contributed by atoms with Crippen LogP contribution in [0, 0.1) is 0 Å². The average molecular weight is 260 g/mol. The topological polar surface area (TPSA) is 38.3 Å². The number of halogens is 2. The first kappa shape index (κ1) is 12.9. The van der Waals surface area contributed by atoms with Gasteiger partial charge in [-0.1, -0.05) is 36.2 Å². The molecule has 5 heteroatoms. The largest absolute Gasteiger partial charge is 0.416 e. The second-order valence-electron chi connectivity index (χ2n) is 2.92. The first-order chi connectivity index (χ1) is 7.63. The molecule has 1 rings (SSSR count). The summed E-state index contributed by atoms with van der Waals surface area (Å²) in [6.45, 7) is 1.96. The van der Waals surface area contributed by atoms with Crippen molar-refractivity contribution in [2.75, 3.05) is 0 Å². The Kier molecular flexibility index (Phi) is 5.15. The van der Waals surface area contributed by atoms with Crippen molar-refractivity contribution in [1.29, 1.82) is 0 Å². The van der Waals surface area contributed by atoms with Crippen molar-refractivity contribution in [3.05, 3.63) is 40.5 Å². The molecular formula is C11H11Cl2NO2. The van der Waals surface area contributed by atoms with Gasteiger partial charge in [0.25, 0.3) is 0 Å². The molecule has 1 amide bonds. The van der Waals surface area contributed by atoms with Crippen molar-refractivity contribution < 1.29 is 9.53 Å². The van der Waals surface area contributed by atoms with Crippen LogP contribution in [-0.2, 0) is 0 Å². The monoisotopic (exact) mass is 259 g/mol. The Labute approximate surface area is 104 Å². The summed E-state index contributed by atoms with van der Waals surface area (Å²) in [6, 6.07) is 4.64. The number of hydrogen-bond acceptors (Lipinski definition) is 2. The lowest BCUT2D eigenvalue weighted by Gasteiger charge is -2.05. The first-order valence-corrected chi connectivity index (χ1v) is 5.47. The number of carbonyl (C=O) groups excluding carboxylic acids is 1. The van der Waals surface area contributed by atoms with Gasteiger partial charge in [0.15, 0.2) is 5.75 Å². The highest BCUT2D eigenvalue weighted by molar-refractivity contribution is 6.35. The minimum Gasteiger partial charge on any atom is -0.409 e. The van der Waals surface area contributed by atoms with E-state index in [9.17, 15) is 4.79 Å². The summed E-state index contributed by atoms with van der Waals surface area (Å²) in [6.07, 6.45) is 3.56. The molecule has 0 unspecified atom stereocenters.